The lowest BCUT2D eigenvalue weighted by Crippen LogP contribution is -2.26. The number of nitrogens with zero attached hydrogens (tertiary/aromatic N) is 2. The maximum atomic E-state index is 4.46. The fourth-order valence-corrected chi connectivity index (χ4v) is 2.36. The average Bonchev–Trinajstić information content (AvgIpc) is 3.23. The number of nitrogens with one attached hydrogen (secondary N) is 1. The molecule has 0 saturated heterocycles. The van der Waals surface area contributed by atoms with Gasteiger partial charge in [-0.25, -0.2) is 0 Å². The molecule has 0 unspecified atom stereocenters. The number of hydrogen-bond acceptors (Lipinski definition) is 3. The molecule has 3 heteroatoms. The first-order valence-electron chi connectivity index (χ1n) is 7.74. The largest absolute Gasteiger partial charge is 0.371 e. The van der Waals surface area contributed by atoms with Gasteiger partial charge in [0.25, 0.3) is 0 Å². The van der Waals surface area contributed by atoms with Crippen molar-refractivity contribution in [3.8, 4) is 0 Å². The number of rotatable bonds is 9. The van der Waals surface area contributed by atoms with Crippen molar-refractivity contribution in [3.63, 3.8) is 0 Å². The van der Waals surface area contributed by atoms with Crippen molar-refractivity contribution in [1.82, 2.24) is 10.3 Å². The first kappa shape index (κ1) is 14.3. The van der Waals surface area contributed by atoms with Crippen LogP contribution in [0.25, 0.3) is 0 Å². The molecule has 1 N–H and O–H groups in total. The number of hydrogen-bond donors (Lipinski definition) is 1. The van der Waals surface area contributed by atoms with Gasteiger partial charge in [-0.15, -0.1) is 0 Å². The second-order valence-electron chi connectivity index (χ2n) is 5.57. The molecule has 0 amide bonds. The lowest BCUT2D eigenvalue weighted by molar-refractivity contribution is 0.662. The van der Waals surface area contributed by atoms with Crippen LogP contribution in [0, 0.1) is 5.92 Å². The Morgan fingerprint density at radius 1 is 1.32 bits per heavy atom. The Morgan fingerprint density at radius 3 is 2.84 bits per heavy atom. The molecule has 1 aromatic rings. The van der Waals surface area contributed by atoms with Crippen LogP contribution < -0.4 is 10.2 Å². The van der Waals surface area contributed by atoms with Crippen molar-refractivity contribution >= 4 is 5.69 Å². The predicted octanol–water partition coefficient (Wildman–Crippen LogP) is 3.21. The van der Waals surface area contributed by atoms with E-state index in [1.165, 1.54) is 37.9 Å². The number of anilines is 1. The minimum Gasteiger partial charge on any atom is -0.371 e. The van der Waals surface area contributed by atoms with Gasteiger partial charge in [-0.2, -0.15) is 0 Å². The van der Waals surface area contributed by atoms with Crippen molar-refractivity contribution < 1.29 is 0 Å². The molecule has 1 aliphatic rings. The summed E-state index contributed by atoms with van der Waals surface area (Å²) in [6.07, 6.45) is 7.15. The normalized spacial score (nSPS) is 14.6. The van der Waals surface area contributed by atoms with Gasteiger partial charge >= 0.3 is 0 Å². The molecule has 1 heterocycles. The van der Waals surface area contributed by atoms with E-state index in [0.29, 0.717) is 0 Å². The highest BCUT2D eigenvalue weighted by Gasteiger charge is 2.24. The molecule has 2 rings (SSSR count). The van der Waals surface area contributed by atoms with E-state index in [9.17, 15) is 0 Å². The van der Waals surface area contributed by atoms with Crippen LogP contribution in [0.4, 0.5) is 5.69 Å². The van der Waals surface area contributed by atoms with Crippen molar-refractivity contribution in [2.24, 2.45) is 5.92 Å². The monoisotopic (exact) mass is 261 g/mol. The number of pyridine rings is 1. The summed E-state index contributed by atoms with van der Waals surface area (Å²) in [4.78, 5) is 6.99. The van der Waals surface area contributed by atoms with Gasteiger partial charge in [0.1, 0.15) is 0 Å². The fraction of sp³-hybridized carbons (Fsp3) is 0.688. The van der Waals surface area contributed by atoms with Gasteiger partial charge in [-0.05, 0) is 50.3 Å². The molecular weight excluding hydrogens is 234 g/mol. The third-order valence-electron chi connectivity index (χ3n) is 3.57. The van der Waals surface area contributed by atoms with E-state index < -0.39 is 0 Å². The zero-order chi connectivity index (χ0) is 13.5. The van der Waals surface area contributed by atoms with Gasteiger partial charge in [0, 0.05) is 31.5 Å². The quantitative estimate of drug-likeness (QED) is 0.692. The Bertz CT molecular complexity index is 374. The SMILES string of the molecule is CCCNCc1cc(N(CCC)CC2CC2)ccn1. The van der Waals surface area contributed by atoms with E-state index in [4.69, 9.17) is 0 Å². The zero-order valence-electron chi connectivity index (χ0n) is 12.4. The van der Waals surface area contributed by atoms with E-state index in [1.807, 2.05) is 6.20 Å². The third kappa shape index (κ3) is 4.83. The molecule has 19 heavy (non-hydrogen) atoms. The van der Waals surface area contributed by atoms with Crippen LogP contribution in [-0.2, 0) is 6.54 Å². The van der Waals surface area contributed by atoms with Gasteiger partial charge in [0.2, 0.25) is 0 Å². The van der Waals surface area contributed by atoms with Crippen LogP contribution in [-0.4, -0.2) is 24.6 Å². The Morgan fingerprint density at radius 2 is 2.16 bits per heavy atom. The van der Waals surface area contributed by atoms with Crippen LogP contribution in [0.5, 0.6) is 0 Å². The molecule has 1 aromatic heterocycles. The Balaban J connectivity index is 1.97. The average molecular weight is 261 g/mol. The Hall–Kier alpha value is -1.09. The lowest BCUT2D eigenvalue weighted by atomic mass is 10.2. The van der Waals surface area contributed by atoms with Gasteiger partial charge in [0.15, 0.2) is 0 Å². The summed E-state index contributed by atoms with van der Waals surface area (Å²) in [5.74, 6) is 0.932. The fourth-order valence-electron chi connectivity index (χ4n) is 2.36. The molecule has 0 bridgehead atoms. The molecule has 0 atom stereocenters. The van der Waals surface area contributed by atoms with Crippen LogP contribution >= 0.6 is 0 Å². The lowest BCUT2D eigenvalue weighted by Gasteiger charge is -2.24. The first-order valence-corrected chi connectivity index (χ1v) is 7.74. The van der Waals surface area contributed by atoms with Crippen molar-refractivity contribution in [2.45, 2.75) is 46.1 Å². The topological polar surface area (TPSA) is 28.2 Å². The molecule has 1 saturated carbocycles. The van der Waals surface area contributed by atoms with E-state index >= 15 is 0 Å². The second-order valence-corrected chi connectivity index (χ2v) is 5.57. The van der Waals surface area contributed by atoms with Gasteiger partial charge in [0.05, 0.1) is 5.69 Å². The van der Waals surface area contributed by atoms with Gasteiger partial charge < -0.3 is 10.2 Å². The van der Waals surface area contributed by atoms with E-state index in [2.05, 4.69) is 41.2 Å². The minimum absolute atomic E-state index is 0.880. The highest BCUT2D eigenvalue weighted by atomic mass is 15.1. The highest BCUT2D eigenvalue weighted by molar-refractivity contribution is 5.46. The summed E-state index contributed by atoms with van der Waals surface area (Å²) in [6, 6.07) is 4.40. The molecule has 0 radical (unpaired) electrons. The summed E-state index contributed by atoms with van der Waals surface area (Å²) in [5.41, 5.74) is 2.50. The van der Waals surface area contributed by atoms with Crippen molar-refractivity contribution in [2.75, 3.05) is 24.5 Å². The number of aromatic nitrogens is 1. The Labute approximate surface area is 117 Å². The maximum absolute atomic E-state index is 4.46. The smallest absolute Gasteiger partial charge is 0.0562 e. The zero-order valence-corrected chi connectivity index (χ0v) is 12.4. The summed E-state index contributed by atoms with van der Waals surface area (Å²) in [5, 5.41) is 3.42. The Kier molecular flexibility index (Phi) is 5.64. The standard InChI is InChI=1S/C16H27N3/c1-3-8-17-12-15-11-16(7-9-18-15)19(10-4-2)13-14-5-6-14/h7,9,11,14,17H,3-6,8,10,12-13H2,1-2H3. The predicted molar refractivity (Wildman–Crippen MR) is 81.5 cm³/mol. The maximum Gasteiger partial charge on any atom is 0.0562 e. The van der Waals surface area contributed by atoms with E-state index in [0.717, 1.165) is 31.2 Å². The third-order valence-corrected chi connectivity index (χ3v) is 3.57. The second kappa shape index (κ2) is 7.49. The van der Waals surface area contributed by atoms with Crippen LogP contribution in [0.3, 0.4) is 0 Å². The molecule has 0 aliphatic heterocycles. The van der Waals surface area contributed by atoms with Crippen molar-refractivity contribution in [3.05, 3.63) is 24.0 Å². The summed E-state index contributed by atoms with van der Waals surface area (Å²) < 4.78 is 0. The molecule has 1 aliphatic carbocycles. The van der Waals surface area contributed by atoms with Crippen LogP contribution in [0.1, 0.15) is 45.2 Å². The van der Waals surface area contributed by atoms with E-state index in [-0.39, 0.29) is 0 Å². The first-order chi connectivity index (χ1) is 9.33. The summed E-state index contributed by atoms with van der Waals surface area (Å²) in [7, 11) is 0. The molecular formula is C16H27N3. The molecule has 1 fully saturated rings. The van der Waals surface area contributed by atoms with E-state index in [1.54, 1.807) is 0 Å². The molecule has 0 spiro atoms. The van der Waals surface area contributed by atoms with Gasteiger partial charge in [-0.1, -0.05) is 13.8 Å². The summed E-state index contributed by atoms with van der Waals surface area (Å²) >= 11 is 0. The van der Waals surface area contributed by atoms with Gasteiger partial charge in [-0.3, -0.25) is 4.98 Å². The summed E-state index contributed by atoms with van der Waals surface area (Å²) in [6.45, 7) is 8.76. The molecule has 3 nitrogen and oxygen atoms in total. The van der Waals surface area contributed by atoms with Crippen LogP contribution in [0.2, 0.25) is 0 Å². The molecule has 106 valence electrons. The van der Waals surface area contributed by atoms with Crippen molar-refractivity contribution in [1.29, 1.82) is 0 Å². The van der Waals surface area contributed by atoms with Crippen LogP contribution in [0.15, 0.2) is 18.3 Å². The highest BCUT2D eigenvalue weighted by Crippen LogP contribution is 2.31. The minimum atomic E-state index is 0.880. The molecule has 0 aromatic carbocycles.